The first-order valence-corrected chi connectivity index (χ1v) is 7.99. The van der Waals surface area contributed by atoms with E-state index in [1.165, 1.54) is 18.6 Å². The smallest absolute Gasteiger partial charge is 0.270 e. The van der Waals surface area contributed by atoms with Crippen LogP contribution in [-0.4, -0.2) is 36.0 Å². The fourth-order valence-corrected chi connectivity index (χ4v) is 2.23. The van der Waals surface area contributed by atoms with Crippen molar-refractivity contribution in [1.29, 1.82) is 0 Å². The Morgan fingerprint density at radius 1 is 1.16 bits per heavy atom. The minimum atomic E-state index is -0.252. The molecular formula is C19H22N2O4. The fourth-order valence-electron chi connectivity index (χ4n) is 2.23. The molecule has 0 saturated heterocycles. The van der Waals surface area contributed by atoms with Crippen LogP contribution in [0, 0.1) is 0 Å². The number of nitrogens with zero attached hydrogens (tertiary/aromatic N) is 2. The predicted octanol–water partition coefficient (Wildman–Crippen LogP) is 2.73. The van der Waals surface area contributed by atoms with Gasteiger partial charge in [-0.25, -0.2) is 0 Å². The lowest BCUT2D eigenvalue weighted by Crippen LogP contribution is -2.31. The van der Waals surface area contributed by atoms with Gasteiger partial charge in [-0.15, -0.1) is 0 Å². The van der Waals surface area contributed by atoms with E-state index in [1.54, 1.807) is 36.5 Å². The highest BCUT2D eigenvalue weighted by atomic mass is 16.5. The van der Waals surface area contributed by atoms with E-state index >= 15 is 0 Å². The third-order valence-corrected chi connectivity index (χ3v) is 3.42. The van der Waals surface area contributed by atoms with Crippen LogP contribution in [0.2, 0.25) is 0 Å². The Labute approximate surface area is 146 Å². The second-order valence-corrected chi connectivity index (χ2v) is 5.76. The van der Waals surface area contributed by atoms with Gasteiger partial charge in [-0.05, 0) is 51.1 Å². The van der Waals surface area contributed by atoms with Gasteiger partial charge in [-0.3, -0.25) is 19.1 Å². The molecule has 0 bridgehead atoms. The molecule has 0 aliphatic rings. The van der Waals surface area contributed by atoms with Crippen molar-refractivity contribution in [2.45, 2.75) is 26.8 Å². The maximum Gasteiger partial charge on any atom is 0.270 e. The summed E-state index contributed by atoms with van der Waals surface area (Å²) >= 11 is 0. The first-order valence-electron chi connectivity index (χ1n) is 7.99. The van der Waals surface area contributed by atoms with Gasteiger partial charge in [0.15, 0.2) is 23.9 Å². The Hall–Kier alpha value is -2.89. The van der Waals surface area contributed by atoms with E-state index < -0.39 is 0 Å². The summed E-state index contributed by atoms with van der Waals surface area (Å²) in [4.78, 5) is 28.3. The van der Waals surface area contributed by atoms with Crippen LogP contribution in [0.4, 0.5) is 0 Å². The molecule has 0 spiro atoms. The van der Waals surface area contributed by atoms with Crippen molar-refractivity contribution in [2.75, 3.05) is 13.7 Å². The lowest BCUT2D eigenvalue weighted by molar-refractivity contribution is 0.0829. The number of rotatable bonds is 6. The number of Topliss-reactive ketones (excluding diaryl/α,β-unsaturated/α-hetero) is 1. The summed E-state index contributed by atoms with van der Waals surface area (Å²) in [7, 11) is 1.49. The number of benzene rings is 1. The SMILES string of the molecule is COc1cc(C(C)=O)ccc1OCC(=O)n1ccccc1=NC(C)C. The molecule has 0 aliphatic heterocycles. The van der Waals surface area contributed by atoms with Crippen molar-refractivity contribution in [1.82, 2.24) is 4.57 Å². The third-order valence-electron chi connectivity index (χ3n) is 3.42. The van der Waals surface area contributed by atoms with Crippen LogP contribution in [0.25, 0.3) is 0 Å². The fraction of sp³-hybridized carbons (Fsp3) is 0.316. The second-order valence-electron chi connectivity index (χ2n) is 5.76. The molecule has 2 rings (SSSR count). The average molecular weight is 342 g/mol. The molecule has 0 atom stereocenters. The molecule has 0 unspecified atom stereocenters. The molecule has 132 valence electrons. The highest BCUT2D eigenvalue weighted by molar-refractivity contribution is 5.94. The number of ketones is 1. The number of pyridine rings is 1. The van der Waals surface area contributed by atoms with Crippen molar-refractivity contribution in [3.05, 3.63) is 53.6 Å². The van der Waals surface area contributed by atoms with E-state index in [2.05, 4.69) is 4.99 Å². The van der Waals surface area contributed by atoms with Crippen LogP contribution in [0.1, 0.15) is 35.9 Å². The van der Waals surface area contributed by atoms with Gasteiger partial charge in [-0.2, -0.15) is 0 Å². The Morgan fingerprint density at radius 2 is 1.92 bits per heavy atom. The van der Waals surface area contributed by atoms with Gasteiger partial charge in [0, 0.05) is 17.8 Å². The number of aromatic nitrogens is 1. The highest BCUT2D eigenvalue weighted by Gasteiger charge is 2.12. The summed E-state index contributed by atoms with van der Waals surface area (Å²) in [5.74, 6) is 0.490. The normalized spacial score (nSPS) is 11.5. The zero-order chi connectivity index (χ0) is 18.4. The molecular weight excluding hydrogens is 320 g/mol. The summed E-state index contributed by atoms with van der Waals surface area (Å²) in [5.41, 5.74) is 1.09. The molecule has 25 heavy (non-hydrogen) atoms. The van der Waals surface area contributed by atoms with Crippen LogP contribution in [0.5, 0.6) is 11.5 Å². The zero-order valence-corrected chi connectivity index (χ0v) is 14.9. The summed E-state index contributed by atoms with van der Waals surface area (Å²) < 4.78 is 12.3. The molecule has 0 fully saturated rings. The number of carbonyl (C=O) groups excluding carboxylic acids is 2. The van der Waals surface area contributed by atoms with Gasteiger partial charge in [0.2, 0.25) is 0 Å². The van der Waals surface area contributed by atoms with Crippen LogP contribution >= 0.6 is 0 Å². The van der Waals surface area contributed by atoms with Gasteiger partial charge < -0.3 is 9.47 Å². The lowest BCUT2D eigenvalue weighted by Gasteiger charge is -2.12. The van der Waals surface area contributed by atoms with E-state index in [0.717, 1.165) is 0 Å². The molecule has 1 heterocycles. The van der Waals surface area contributed by atoms with Crippen LogP contribution in [0.3, 0.4) is 0 Å². The van der Waals surface area contributed by atoms with Crippen LogP contribution < -0.4 is 15.0 Å². The van der Waals surface area contributed by atoms with E-state index in [1.807, 2.05) is 19.9 Å². The van der Waals surface area contributed by atoms with Crippen LogP contribution in [0.15, 0.2) is 47.6 Å². The van der Waals surface area contributed by atoms with Crippen LogP contribution in [-0.2, 0) is 0 Å². The topological polar surface area (TPSA) is 69.9 Å². The van der Waals surface area contributed by atoms with E-state index in [-0.39, 0.29) is 24.3 Å². The maximum absolute atomic E-state index is 12.5. The Bertz CT molecular complexity index is 837. The summed E-state index contributed by atoms with van der Waals surface area (Å²) in [5, 5.41) is 0. The minimum absolute atomic E-state index is 0.0688. The van der Waals surface area contributed by atoms with Gasteiger partial charge >= 0.3 is 0 Å². The Morgan fingerprint density at radius 3 is 2.56 bits per heavy atom. The van der Waals surface area contributed by atoms with Crippen molar-refractivity contribution in [3.63, 3.8) is 0 Å². The van der Waals surface area contributed by atoms with Gasteiger partial charge in [0.25, 0.3) is 5.91 Å². The van der Waals surface area contributed by atoms with E-state index in [9.17, 15) is 9.59 Å². The largest absolute Gasteiger partial charge is 0.493 e. The molecule has 0 aliphatic carbocycles. The first kappa shape index (κ1) is 18.4. The van der Waals surface area contributed by atoms with Gasteiger partial charge in [0.1, 0.15) is 5.49 Å². The number of hydrogen-bond donors (Lipinski definition) is 0. The molecule has 0 N–H and O–H groups in total. The minimum Gasteiger partial charge on any atom is -0.493 e. The molecule has 2 aromatic rings. The quantitative estimate of drug-likeness (QED) is 0.757. The van der Waals surface area contributed by atoms with E-state index in [0.29, 0.717) is 22.6 Å². The summed E-state index contributed by atoms with van der Waals surface area (Å²) in [6.45, 7) is 5.19. The van der Waals surface area contributed by atoms with Crippen molar-refractivity contribution < 1.29 is 19.1 Å². The van der Waals surface area contributed by atoms with Crippen molar-refractivity contribution in [3.8, 4) is 11.5 Å². The first-order chi connectivity index (χ1) is 11.9. The van der Waals surface area contributed by atoms with E-state index in [4.69, 9.17) is 9.47 Å². The maximum atomic E-state index is 12.5. The third kappa shape index (κ3) is 4.79. The second kappa shape index (κ2) is 8.28. The molecule has 6 heteroatoms. The Balaban J connectivity index is 2.20. The molecule has 1 aromatic carbocycles. The standard InChI is InChI=1S/C19H22N2O4/c1-13(2)20-18-7-5-6-10-21(18)19(23)12-25-16-9-8-15(14(3)22)11-17(16)24-4/h5-11,13H,12H2,1-4H3. The summed E-state index contributed by atoms with van der Waals surface area (Å²) in [6.07, 6.45) is 1.66. The summed E-state index contributed by atoms with van der Waals surface area (Å²) in [6, 6.07) is 10.3. The van der Waals surface area contributed by atoms with Gasteiger partial charge in [0.05, 0.1) is 7.11 Å². The number of ether oxygens (including phenoxy) is 2. The highest BCUT2D eigenvalue weighted by Crippen LogP contribution is 2.28. The average Bonchev–Trinajstić information content (AvgIpc) is 2.59. The Kier molecular flexibility index (Phi) is 6.11. The number of methoxy groups -OCH3 is 1. The monoisotopic (exact) mass is 342 g/mol. The van der Waals surface area contributed by atoms with Gasteiger partial charge in [-0.1, -0.05) is 6.07 Å². The lowest BCUT2D eigenvalue weighted by atomic mass is 10.1. The van der Waals surface area contributed by atoms with Crippen molar-refractivity contribution >= 4 is 11.7 Å². The number of hydrogen-bond acceptors (Lipinski definition) is 5. The molecule has 6 nitrogen and oxygen atoms in total. The molecule has 0 amide bonds. The zero-order valence-electron chi connectivity index (χ0n) is 14.9. The van der Waals surface area contributed by atoms with Crippen molar-refractivity contribution in [2.24, 2.45) is 4.99 Å². The molecule has 1 aromatic heterocycles. The predicted molar refractivity (Wildman–Crippen MR) is 94.3 cm³/mol. The molecule has 0 radical (unpaired) electrons. The molecule has 0 saturated carbocycles. The number of carbonyl (C=O) groups is 2.